The summed E-state index contributed by atoms with van der Waals surface area (Å²) >= 11 is 1.52. The van der Waals surface area contributed by atoms with E-state index in [9.17, 15) is 4.79 Å². The molecule has 1 amide bonds. The Balaban J connectivity index is 0.00000324. The molecule has 0 aliphatic heterocycles. The molecule has 1 rings (SSSR count). The van der Waals surface area contributed by atoms with E-state index in [4.69, 9.17) is 10.5 Å². The highest BCUT2D eigenvalue weighted by Gasteiger charge is 2.14. The molecular weight excluding hydrogens is 284 g/mol. The van der Waals surface area contributed by atoms with E-state index in [1.807, 2.05) is 31.2 Å². The molecule has 0 aliphatic rings. The first-order valence-electron chi connectivity index (χ1n) is 5.81. The minimum Gasteiger partial charge on any atom is -0.497 e. The van der Waals surface area contributed by atoms with E-state index < -0.39 is 0 Å². The zero-order valence-electron chi connectivity index (χ0n) is 11.5. The lowest BCUT2D eigenvalue weighted by atomic mass is 10.3. The zero-order chi connectivity index (χ0) is 13.5. The smallest absolute Gasteiger partial charge is 0.232 e. The van der Waals surface area contributed by atoms with Gasteiger partial charge >= 0.3 is 0 Å². The van der Waals surface area contributed by atoms with Gasteiger partial charge in [-0.1, -0.05) is 0 Å². The molecule has 108 valence electrons. The van der Waals surface area contributed by atoms with Crippen LogP contribution in [0, 0.1) is 0 Å². The number of hydrogen-bond acceptors (Lipinski definition) is 4. The lowest BCUT2D eigenvalue weighted by molar-refractivity contribution is -0.128. The second kappa shape index (κ2) is 9.07. The first-order valence-corrected chi connectivity index (χ1v) is 6.79. The van der Waals surface area contributed by atoms with Crippen molar-refractivity contribution in [1.82, 2.24) is 4.90 Å². The van der Waals surface area contributed by atoms with Crippen LogP contribution in [-0.4, -0.2) is 43.3 Å². The largest absolute Gasteiger partial charge is 0.497 e. The Labute approximate surface area is 125 Å². The molecule has 19 heavy (non-hydrogen) atoms. The van der Waals surface area contributed by atoms with Crippen molar-refractivity contribution in [1.29, 1.82) is 0 Å². The summed E-state index contributed by atoms with van der Waals surface area (Å²) in [6.45, 7) is 2.42. The standard InChI is InChI=1S/C13H20N2O2S.ClH/c1-10(8-14)15(2)13(16)9-18-12-6-4-11(17-3)5-7-12;/h4-7,10H,8-9,14H2,1-3H3;1H. The number of rotatable bonds is 6. The third-order valence-electron chi connectivity index (χ3n) is 2.82. The van der Waals surface area contributed by atoms with Crippen LogP contribution in [0.15, 0.2) is 29.2 Å². The molecule has 6 heteroatoms. The van der Waals surface area contributed by atoms with Crippen molar-refractivity contribution in [3.63, 3.8) is 0 Å². The zero-order valence-corrected chi connectivity index (χ0v) is 13.1. The number of nitrogens with two attached hydrogens (primary N) is 1. The SMILES string of the molecule is COc1ccc(SCC(=O)N(C)C(C)CN)cc1.Cl. The van der Waals surface area contributed by atoms with Gasteiger partial charge in [-0.15, -0.1) is 24.2 Å². The molecule has 0 aromatic heterocycles. The van der Waals surface area contributed by atoms with Crippen LogP contribution in [0.25, 0.3) is 0 Å². The second-order valence-corrected chi connectivity index (χ2v) is 5.10. The lowest BCUT2D eigenvalue weighted by Gasteiger charge is -2.23. The van der Waals surface area contributed by atoms with Gasteiger partial charge in [-0.3, -0.25) is 4.79 Å². The average Bonchev–Trinajstić information content (AvgIpc) is 2.43. The van der Waals surface area contributed by atoms with Crippen LogP contribution in [0.5, 0.6) is 5.75 Å². The Kier molecular flexibility index (Phi) is 8.63. The summed E-state index contributed by atoms with van der Waals surface area (Å²) in [4.78, 5) is 14.6. The van der Waals surface area contributed by atoms with Gasteiger partial charge in [-0.25, -0.2) is 0 Å². The van der Waals surface area contributed by atoms with Gasteiger partial charge in [0.25, 0.3) is 0 Å². The van der Waals surface area contributed by atoms with E-state index in [1.165, 1.54) is 11.8 Å². The normalized spacial score (nSPS) is 11.4. The van der Waals surface area contributed by atoms with Gasteiger partial charge < -0.3 is 15.4 Å². The number of amides is 1. The molecule has 0 heterocycles. The molecule has 0 saturated carbocycles. The highest BCUT2D eigenvalue weighted by atomic mass is 35.5. The van der Waals surface area contributed by atoms with Gasteiger partial charge in [0.2, 0.25) is 5.91 Å². The summed E-state index contributed by atoms with van der Waals surface area (Å²) in [7, 11) is 3.42. The molecule has 0 aliphatic carbocycles. The summed E-state index contributed by atoms with van der Waals surface area (Å²) in [5, 5.41) is 0. The van der Waals surface area contributed by atoms with Crippen molar-refractivity contribution in [2.45, 2.75) is 17.9 Å². The molecule has 0 bridgehead atoms. The lowest BCUT2D eigenvalue weighted by Crippen LogP contribution is -2.40. The maximum Gasteiger partial charge on any atom is 0.232 e. The van der Waals surface area contributed by atoms with Crippen LogP contribution in [0.4, 0.5) is 0 Å². The maximum absolute atomic E-state index is 11.9. The van der Waals surface area contributed by atoms with Gasteiger partial charge in [0.15, 0.2) is 0 Å². The van der Waals surface area contributed by atoms with Crippen molar-refractivity contribution >= 4 is 30.1 Å². The number of carbonyl (C=O) groups is 1. The first kappa shape index (κ1) is 18.1. The highest BCUT2D eigenvalue weighted by molar-refractivity contribution is 8.00. The van der Waals surface area contributed by atoms with Crippen molar-refractivity contribution in [2.75, 3.05) is 26.5 Å². The number of halogens is 1. The fourth-order valence-electron chi connectivity index (χ4n) is 1.32. The van der Waals surface area contributed by atoms with Gasteiger partial charge in [0.05, 0.1) is 12.9 Å². The Hall–Kier alpha value is -0.910. The first-order chi connectivity index (χ1) is 8.58. The fourth-order valence-corrected chi connectivity index (χ4v) is 2.15. The summed E-state index contributed by atoms with van der Waals surface area (Å²) < 4.78 is 5.08. The van der Waals surface area contributed by atoms with E-state index in [2.05, 4.69) is 0 Å². The number of hydrogen-bond donors (Lipinski definition) is 1. The van der Waals surface area contributed by atoms with Crippen LogP contribution in [0.2, 0.25) is 0 Å². The third-order valence-corrected chi connectivity index (χ3v) is 3.81. The summed E-state index contributed by atoms with van der Waals surface area (Å²) in [6, 6.07) is 7.75. The van der Waals surface area contributed by atoms with Crippen LogP contribution in [0.3, 0.4) is 0 Å². The number of thioether (sulfide) groups is 1. The average molecular weight is 305 g/mol. The molecule has 1 aromatic carbocycles. The topological polar surface area (TPSA) is 55.6 Å². The molecule has 1 unspecified atom stereocenters. The number of methoxy groups -OCH3 is 1. The Morgan fingerprint density at radius 1 is 1.42 bits per heavy atom. The quantitative estimate of drug-likeness (QED) is 0.817. The van der Waals surface area contributed by atoms with Crippen molar-refractivity contribution < 1.29 is 9.53 Å². The van der Waals surface area contributed by atoms with Crippen LogP contribution >= 0.6 is 24.2 Å². The highest BCUT2D eigenvalue weighted by Crippen LogP contribution is 2.21. The minimum atomic E-state index is 0. The summed E-state index contributed by atoms with van der Waals surface area (Å²) in [6.07, 6.45) is 0. The predicted molar refractivity (Wildman–Crippen MR) is 82.3 cm³/mol. The van der Waals surface area contributed by atoms with Crippen molar-refractivity contribution in [2.24, 2.45) is 5.73 Å². The number of carbonyl (C=O) groups excluding carboxylic acids is 1. The van der Waals surface area contributed by atoms with E-state index >= 15 is 0 Å². The molecule has 0 radical (unpaired) electrons. The van der Waals surface area contributed by atoms with Crippen LogP contribution < -0.4 is 10.5 Å². The Morgan fingerprint density at radius 3 is 2.47 bits per heavy atom. The molecule has 2 N–H and O–H groups in total. The van der Waals surface area contributed by atoms with E-state index in [0.717, 1.165) is 10.6 Å². The maximum atomic E-state index is 11.9. The Morgan fingerprint density at radius 2 is 2.00 bits per heavy atom. The summed E-state index contributed by atoms with van der Waals surface area (Å²) in [5.74, 6) is 1.33. The number of ether oxygens (including phenoxy) is 1. The molecule has 0 saturated heterocycles. The van der Waals surface area contributed by atoms with Crippen molar-refractivity contribution in [3.8, 4) is 5.75 Å². The Bertz CT molecular complexity index is 387. The summed E-state index contributed by atoms with van der Waals surface area (Å²) in [5.41, 5.74) is 5.54. The van der Waals surface area contributed by atoms with Gasteiger partial charge in [0.1, 0.15) is 5.75 Å². The second-order valence-electron chi connectivity index (χ2n) is 4.05. The molecule has 1 aromatic rings. The molecule has 0 spiro atoms. The van der Waals surface area contributed by atoms with E-state index in [1.54, 1.807) is 19.1 Å². The molecule has 1 atom stereocenters. The number of benzene rings is 1. The van der Waals surface area contributed by atoms with Gasteiger partial charge in [-0.2, -0.15) is 0 Å². The third kappa shape index (κ3) is 5.72. The minimum absolute atomic E-state index is 0. The monoisotopic (exact) mass is 304 g/mol. The van der Waals surface area contributed by atoms with Crippen LogP contribution in [-0.2, 0) is 4.79 Å². The molecule has 4 nitrogen and oxygen atoms in total. The molecular formula is C13H21ClN2O2S. The predicted octanol–water partition coefficient (Wildman–Crippen LogP) is 2.01. The van der Waals surface area contributed by atoms with Gasteiger partial charge in [0, 0.05) is 24.5 Å². The van der Waals surface area contributed by atoms with Crippen LogP contribution in [0.1, 0.15) is 6.92 Å². The van der Waals surface area contributed by atoms with E-state index in [-0.39, 0.29) is 24.4 Å². The van der Waals surface area contributed by atoms with Gasteiger partial charge in [-0.05, 0) is 31.2 Å². The number of likely N-dealkylation sites (N-methyl/N-ethyl adjacent to an activating group) is 1. The van der Waals surface area contributed by atoms with Crippen molar-refractivity contribution in [3.05, 3.63) is 24.3 Å². The number of nitrogens with zero attached hydrogens (tertiary/aromatic N) is 1. The fraction of sp³-hybridized carbons (Fsp3) is 0.462. The molecule has 0 fully saturated rings. The van der Waals surface area contributed by atoms with E-state index in [0.29, 0.717) is 12.3 Å².